The maximum Gasteiger partial charge on any atom is 0.0726 e. The first-order chi connectivity index (χ1) is 31.0. The molecule has 0 heterocycles. The van der Waals surface area contributed by atoms with Gasteiger partial charge in [-0.1, -0.05) is 196 Å². The molecule has 0 aromatic heterocycles. The minimum Gasteiger partial charge on any atom is -0.310 e. The third-order valence-corrected chi connectivity index (χ3v) is 14.5. The smallest absolute Gasteiger partial charge is 0.0726 e. The largest absolute Gasteiger partial charge is 0.310 e. The van der Waals surface area contributed by atoms with E-state index in [1.807, 2.05) is 0 Å². The Morgan fingerprint density at radius 3 is 1.59 bits per heavy atom. The fourth-order valence-corrected chi connectivity index (χ4v) is 11.7. The maximum absolute atomic E-state index is 2.47. The number of anilines is 3. The molecule has 63 heavy (non-hydrogen) atoms. The highest BCUT2D eigenvalue weighted by atomic mass is 15.1. The van der Waals surface area contributed by atoms with Gasteiger partial charge in [0, 0.05) is 22.4 Å². The second kappa shape index (κ2) is 13.4. The molecule has 0 N–H and O–H groups in total. The monoisotopic (exact) mass is 801 g/mol. The number of hydrogen-bond acceptors (Lipinski definition) is 1. The highest BCUT2D eigenvalue weighted by molar-refractivity contribution is 6.09. The standard InChI is InChI=1S/C62H43N/c1-61(2)52-27-14-12-25-49(52)59-48-24-10-9-22-45(48)51(39-57(59)61)41-32-35-44(36-33-41)63(43-20-7-4-8-21-43)58-31-17-30-55-60(58)50-26-13-16-29-54(50)62(55)53-28-15-11-23-46(53)47-37-34-42(38-56(47)62)40-18-5-3-6-19-40/h3-39H,1-2H3. The van der Waals surface area contributed by atoms with Gasteiger partial charge in [-0.15, -0.1) is 0 Å². The van der Waals surface area contributed by atoms with Crippen LogP contribution in [-0.2, 0) is 10.8 Å². The third-order valence-electron chi connectivity index (χ3n) is 14.5. The zero-order chi connectivity index (χ0) is 41.9. The van der Waals surface area contributed by atoms with Gasteiger partial charge in [0.15, 0.2) is 0 Å². The molecule has 10 aromatic rings. The van der Waals surface area contributed by atoms with E-state index in [1.165, 1.54) is 105 Å². The predicted molar refractivity (Wildman–Crippen MR) is 263 cm³/mol. The molecule has 13 rings (SSSR count). The van der Waals surface area contributed by atoms with Crippen LogP contribution in [-0.4, -0.2) is 0 Å². The van der Waals surface area contributed by atoms with Crippen LogP contribution in [0, 0.1) is 0 Å². The summed E-state index contributed by atoms with van der Waals surface area (Å²) in [7, 11) is 0. The van der Waals surface area contributed by atoms with Gasteiger partial charge in [-0.05, 0) is 137 Å². The maximum atomic E-state index is 2.47. The van der Waals surface area contributed by atoms with Crippen molar-refractivity contribution in [3.8, 4) is 55.6 Å². The van der Waals surface area contributed by atoms with Gasteiger partial charge < -0.3 is 4.90 Å². The van der Waals surface area contributed by atoms with Gasteiger partial charge in [0.1, 0.15) is 0 Å². The summed E-state index contributed by atoms with van der Waals surface area (Å²) in [5, 5.41) is 2.60. The van der Waals surface area contributed by atoms with Crippen LogP contribution < -0.4 is 4.90 Å². The van der Waals surface area contributed by atoms with Gasteiger partial charge in [-0.3, -0.25) is 0 Å². The zero-order valence-corrected chi connectivity index (χ0v) is 35.3. The normalized spacial score (nSPS) is 15.7. The van der Waals surface area contributed by atoms with Crippen molar-refractivity contribution in [3.63, 3.8) is 0 Å². The van der Waals surface area contributed by atoms with Crippen LogP contribution in [0.2, 0.25) is 0 Å². The molecule has 0 saturated carbocycles. The number of hydrogen-bond donors (Lipinski definition) is 0. The van der Waals surface area contributed by atoms with E-state index in [2.05, 4.69) is 243 Å². The quantitative estimate of drug-likeness (QED) is 0.168. The Labute approximate surface area is 369 Å². The van der Waals surface area contributed by atoms with E-state index in [9.17, 15) is 0 Å². The second-order valence-electron chi connectivity index (χ2n) is 17.9. The molecule has 3 aliphatic carbocycles. The van der Waals surface area contributed by atoms with E-state index in [0.717, 1.165) is 11.4 Å². The highest BCUT2D eigenvalue weighted by Crippen LogP contribution is 2.65. The molecule has 0 radical (unpaired) electrons. The lowest BCUT2D eigenvalue weighted by molar-refractivity contribution is 0.661. The van der Waals surface area contributed by atoms with Gasteiger partial charge in [-0.25, -0.2) is 0 Å². The molecule has 1 unspecified atom stereocenters. The molecule has 1 heteroatoms. The van der Waals surface area contributed by atoms with Crippen molar-refractivity contribution in [3.05, 3.63) is 258 Å². The summed E-state index contributed by atoms with van der Waals surface area (Å²) in [5.41, 5.74) is 23.8. The molecular weight excluding hydrogens is 759 g/mol. The number of rotatable bonds is 5. The fraction of sp³-hybridized carbons (Fsp3) is 0.0645. The van der Waals surface area contributed by atoms with Crippen molar-refractivity contribution in [2.24, 2.45) is 0 Å². The molecule has 1 atom stereocenters. The molecule has 296 valence electrons. The Hall–Kier alpha value is -7.74. The molecule has 0 amide bonds. The number of nitrogens with zero attached hydrogens (tertiary/aromatic N) is 1. The Balaban J connectivity index is 1.01. The first-order valence-corrected chi connectivity index (χ1v) is 22.2. The average Bonchev–Trinajstić information content (AvgIpc) is 3.91. The molecule has 0 bridgehead atoms. The minimum atomic E-state index is -0.479. The Bertz CT molecular complexity index is 3470. The lowest BCUT2D eigenvalue weighted by atomic mass is 9.70. The average molecular weight is 802 g/mol. The van der Waals surface area contributed by atoms with Crippen LogP contribution in [0.1, 0.15) is 47.2 Å². The molecular formula is C62H43N. The van der Waals surface area contributed by atoms with Crippen LogP contribution in [0.4, 0.5) is 17.1 Å². The van der Waals surface area contributed by atoms with Gasteiger partial charge in [0.05, 0.1) is 11.1 Å². The van der Waals surface area contributed by atoms with Gasteiger partial charge in [0.25, 0.3) is 0 Å². The molecule has 10 aromatic carbocycles. The summed E-state index contributed by atoms with van der Waals surface area (Å²) in [4.78, 5) is 2.47. The first kappa shape index (κ1) is 36.0. The van der Waals surface area contributed by atoms with Crippen LogP contribution in [0.15, 0.2) is 224 Å². The molecule has 1 spiro atoms. The summed E-state index contributed by atoms with van der Waals surface area (Å²) in [5.74, 6) is 0. The Morgan fingerprint density at radius 1 is 0.302 bits per heavy atom. The summed E-state index contributed by atoms with van der Waals surface area (Å²) in [6.07, 6.45) is 0. The number of para-hydroxylation sites is 1. The van der Waals surface area contributed by atoms with E-state index < -0.39 is 5.41 Å². The second-order valence-corrected chi connectivity index (χ2v) is 17.9. The first-order valence-electron chi connectivity index (χ1n) is 22.2. The molecule has 0 fully saturated rings. The van der Waals surface area contributed by atoms with Crippen molar-refractivity contribution in [2.75, 3.05) is 4.90 Å². The minimum absolute atomic E-state index is 0.0977. The van der Waals surface area contributed by atoms with Gasteiger partial charge >= 0.3 is 0 Å². The van der Waals surface area contributed by atoms with Crippen LogP contribution in [0.3, 0.4) is 0 Å². The van der Waals surface area contributed by atoms with Gasteiger partial charge in [-0.2, -0.15) is 0 Å². The van der Waals surface area contributed by atoms with Crippen molar-refractivity contribution in [2.45, 2.75) is 24.7 Å². The van der Waals surface area contributed by atoms with Crippen molar-refractivity contribution in [1.82, 2.24) is 0 Å². The van der Waals surface area contributed by atoms with E-state index in [1.54, 1.807) is 0 Å². The predicted octanol–water partition coefficient (Wildman–Crippen LogP) is 16.3. The van der Waals surface area contributed by atoms with E-state index in [4.69, 9.17) is 0 Å². The Morgan fingerprint density at radius 2 is 0.841 bits per heavy atom. The number of fused-ring (bicyclic) bond motifs is 15. The van der Waals surface area contributed by atoms with Crippen LogP contribution in [0.25, 0.3) is 66.4 Å². The molecule has 0 aliphatic heterocycles. The third kappa shape index (κ3) is 4.94. The topological polar surface area (TPSA) is 3.24 Å². The Kier molecular flexibility index (Phi) is 7.64. The number of benzene rings is 10. The van der Waals surface area contributed by atoms with Crippen molar-refractivity contribution >= 4 is 27.8 Å². The van der Waals surface area contributed by atoms with E-state index in [0.29, 0.717) is 0 Å². The van der Waals surface area contributed by atoms with E-state index in [-0.39, 0.29) is 5.41 Å². The zero-order valence-electron chi connectivity index (χ0n) is 35.3. The summed E-state index contributed by atoms with van der Waals surface area (Å²) in [6, 6.07) is 83.8. The SMILES string of the molecule is CC1(C)c2ccccc2-c2c1cc(-c1ccc(N(c3ccccc3)c3cccc4c3-c3ccccc3C43c4ccccc4-c4ccc(-c5ccccc5)cc43)cc1)c1ccccc21. The van der Waals surface area contributed by atoms with Crippen molar-refractivity contribution < 1.29 is 0 Å². The lowest BCUT2D eigenvalue weighted by Gasteiger charge is -2.32. The van der Waals surface area contributed by atoms with Crippen LogP contribution in [0.5, 0.6) is 0 Å². The highest BCUT2D eigenvalue weighted by Gasteiger charge is 2.52. The summed E-state index contributed by atoms with van der Waals surface area (Å²) < 4.78 is 0. The summed E-state index contributed by atoms with van der Waals surface area (Å²) >= 11 is 0. The van der Waals surface area contributed by atoms with Gasteiger partial charge in [0.2, 0.25) is 0 Å². The lowest BCUT2D eigenvalue weighted by Crippen LogP contribution is -2.26. The summed E-state index contributed by atoms with van der Waals surface area (Å²) in [6.45, 7) is 4.76. The molecule has 3 aliphatic rings. The van der Waals surface area contributed by atoms with E-state index >= 15 is 0 Å². The molecule has 1 nitrogen and oxygen atoms in total. The molecule has 0 saturated heterocycles. The fourth-order valence-electron chi connectivity index (χ4n) is 11.7. The van der Waals surface area contributed by atoms with Crippen molar-refractivity contribution in [1.29, 1.82) is 0 Å². The van der Waals surface area contributed by atoms with Crippen LogP contribution >= 0.6 is 0 Å².